The van der Waals surface area contributed by atoms with Gasteiger partial charge >= 0.3 is 0 Å². The molecule has 0 spiro atoms. The van der Waals surface area contributed by atoms with Gasteiger partial charge in [0.2, 0.25) is 0 Å². The van der Waals surface area contributed by atoms with Gasteiger partial charge in [0, 0.05) is 17.8 Å². The van der Waals surface area contributed by atoms with Crippen LogP contribution >= 0.6 is 23.5 Å². The van der Waals surface area contributed by atoms with E-state index in [1.807, 2.05) is 46.4 Å². The standard InChI is InChI=1S/C20H20N2OS2/c1-23-17-10-5-9-16(13-17)22-14-18(15-7-3-2-4-8-15)19(21-22)20-24-11-6-12-25-20/h2-5,7-10,13-14,20H,6,11-12H2,1H3. The van der Waals surface area contributed by atoms with Crippen LogP contribution in [0.1, 0.15) is 16.7 Å². The molecule has 5 heteroatoms. The molecule has 0 aliphatic carbocycles. The van der Waals surface area contributed by atoms with Crippen LogP contribution in [0.15, 0.2) is 60.8 Å². The van der Waals surface area contributed by atoms with Gasteiger partial charge in [-0.3, -0.25) is 0 Å². The number of aromatic nitrogens is 2. The largest absolute Gasteiger partial charge is 0.497 e. The first-order valence-electron chi connectivity index (χ1n) is 8.38. The lowest BCUT2D eigenvalue weighted by Crippen LogP contribution is -2.03. The fourth-order valence-corrected chi connectivity index (χ4v) is 5.79. The van der Waals surface area contributed by atoms with Crippen molar-refractivity contribution >= 4 is 23.5 Å². The third-order valence-corrected chi connectivity index (χ3v) is 7.11. The fraction of sp³-hybridized carbons (Fsp3) is 0.250. The lowest BCUT2D eigenvalue weighted by Gasteiger charge is -2.20. The van der Waals surface area contributed by atoms with Gasteiger partial charge in [-0.1, -0.05) is 36.4 Å². The molecule has 1 aromatic heterocycles. The molecule has 1 fully saturated rings. The molecule has 0 atom stereocenters. The predicted molar refractivity (Wildman–Crippen MR) is 108 cm³/mol. The van der Waals surface area contributed by atoms with Gasteiger partial charge in [0.05, 0.1) is 23.1 Å². The second-order valence-corrected chi connectivity index (χ2v) is 8.59. The molecule has 1 aliphatic heterocycles. The SMILES string of the molecule is COc1cccc(-n2cc(-c3ccccc3)c(C3SCCCS3)n2)c1. The van der Waals surface area contributed by atoms with E-state index in [9.17, 15) is 0 Å². The van der Waals surface area contributed by atoms with Crippen molar-refractivity contribution in [1.82, 2.24) is 9.78 Å². The van der Waals surface area contributed by atoms with E-state index in [0.29, 0.717) is 4.58 Å². The second kappa shape index (κ2) is 7.58. The molecule has 2 heterocycles. The van der Waals surface area contributed by atoms with Gasteiger partial charge in [0.25, 0.3) is 0 Å². The number of thioether (sulfide) groups is 2. The van der Waals surface area contributed by atoms with E-state index in [4.69, 9.17) is 9.84 Å². The fourth-order valence-electron chi connectivity index (χ4n) is 2.93. The Labute approximate surface area is 156 Å². The summed E-state index contributed by atoms with van der Waals surface area (Å²) in [4.78, 5) is 0. The van der Waals surface area contributed by atoms with E-state index in [1.165, 1.54) is 34.7 Å². The van der Waals surface area contributed by atoms with Crippen LogP contribution in [0, 0.1) is 0 Å². The molecule has 4 rings (SSSR count). The maximum absolute atomic E-state index is 5.37. The Hall–Kier alpha value is -1.85. The molecule has 0 radical (unpaired) electrons. The van der Waals surface area contributed by atoms with Gasteiger partial charge < -0.3 is 4.74 Å². The summed E-state index contributed by atoms with van der Waals surface area (Å²) < 4.78 is 7.75. The summed E-state index contributed by atoms with van der Waals surface area (Å²) in [5.41, 5.74) is 4.63. The average Bonchev–Trinajstić information content (AvgIpc) is 3.15. The van der Waals surface area contributed by atoms with Crippen molar-refractivity contribution in [3.63, 3.8) is 0 Å². The third-order valence-electron chi connectivity index (χ3n) is 4.20. The predicted octanol–water partition coefficient (Wildman–Crippen LogP) is 5.42. The highest BCUT2D eigenvalue weighted by Gasteiger charge is 2.24. The normalized spacial score (nSPS) is 15.2. The zero-order valence-electron chi connectivity index (χ0n) is 14.1. The quantitative estimate of drug-likeness (QED) is 0.615. The number of methoxy groups -OCH3 is 1. The second-order valence-electron chi connectivity index (χ2n) is 5.87. The topological polar surface area (TPSA) is 27.1 Å². The average molecular weight is 369 g/mol. The van der Waals surface area contributed by atoms with E-state index >= 15 is 0 Å². The number of benzene rings is 2. The Morgan fingerprint density at radius 3 is 2.60 bits per heavy atom. The highest BCUT2D eigenvalue weighted by molar-refractivity contribution is 8.16. The Morgan fingerprint density at radius 2 is 1.84 bits per heavy atom. The van der Waals surface area contributed by atoms with Gasteiger partial charge in [-0.15, -0.1) is 23.5 Å². The first kappa shape index (κ1) is 16.6. The number of rotatable bonds is 4. The number of nitrogens with zero attached hydrogens (tertiary/aromatic N) is 2. The maximum Gasteiger partial charge on any atom is 0.121 e. The van der Waals surface area contributed by atoms with Gasteiger partial charge in [-0.25, -0.2) is 4.68 Å². The van der Waals surface area contributed by atoms with E-state index < -0.39 is 0 Å². The monoisotopic (exact) mass is 368 g/mol. The van der Waals surface area contributed by atoms with E-state index in [-0.39, 0.29) is 0 Å². The minimum atomic E-state index is 0.399. The van der Waals surface area contributed by atoms with Crippen molar-refractivity contribution in [2.75, 3.05) is 18.6 Å². The van der Waals surface area contributed by atoms with Crippen molar-refractivity contribution in [3.05, 3.63) is 66.5 Å². The smallest absolute Gasteiger partial charge is 0.121 e. The van der Waals surface area contributed by atoms with Crippen molar-refractivity contribution in [2.24, 2.45) is 0 Å². The van der Waals surface area contributed by atoms with Crippen LogP contribution in [0.4, 0.5) is 0 Å². The summed E-state index contributed by atoms with van der Waals surface area (Å²) in [5, 5.41) is 4.98. The molecule has 3 aromatic rings. The first-order valence-corrected chi connectivity index (χ1v) is 10.5. The summed E-state index contributed by atoms with van der Waals surface area (Å²) in [6.07, 6.45) is 3.43. The van der Waals surface area contributed by atoms with Crippen LogP contribution in [-0.4, -0.2) is 28.4 Å². The molecule has 3 nitrogen and oxygen atoms in total. The number of hydrogen-bond donors (Lipinski definition) is 0. The summed E-state index contributed by atoms with van der Waals surface area (Å²) in [6, 6.07) is 18.6. The molecule has 0 unspecified atom stereocenters. The maximum atomic E-state index is 5.37. The summed E-state index contributed by atoms with van der Waals surface area (Å²) in [6.45, 7) is 0. The molecular weight excluding hydrogens is 348 g/mol. The minimum absolute atomic E-state index is 0.399. The van der Waals surface area contributed by atoms with Crippen LogP contribution in [0.2, 0.25) is 0 Å². The van der Waals surface area contributed by atoms with Gasteiger partial charge in [-0.05, 0) is 35.6 Å². The molecular formula is C20H20N2OS2. The lowest BCUT2D eigenvalue weighted by molar-refractivity contribution is 0.414. The molecule has 1 saturated heterocycles. The lowest BCUT2D eigenvalue weighted by atomic mass is 10.1. The highest BCUT2D eigenvalue weighted by Crippen LogP contribution is 2.46. The molecule has 128 valence electrons. The summed E-state index contributed by atoms with van der Waals surface area (Å²) in [5.74, 6) is 3.26. The zero-order chi connectivity index (χ0) is 17.1. The van der Waals surface area contributed by atoms with Crippen molar-refractivity contribution in [2.45, 2.75) is 11.0 Å². The molecule has 0 amide bonds. The summed E-state index contributed by atoms with van der Waals surface area (Å²) >= 11 is 4.01. The summed E-state index contributed by atoms with van der Waals surface area (Å²) in [7, 11) is 1.69. The Kier molecular flexibility index (Phi) is 5.04. The van der Waals surface area contributed by atoms with E-state index in [1.54, 1.807) is 7.11 Å². The molecule has 2 aromatic carbocycles. The molecule has 0 saturated carbocycles. The Bertz CT molecular complexity index is 842. The van der Waals surface area contributed by atoms with Crippen LogP contribution in [0.5, 0.6) is 5.75 Å². The van der Waals surface area contributed by atoms with Gasteiger partial charge in [-0.2, -0.15) is 5.10 Å². The van der Waals surface area contributed by atoms with Crippen LogP contribution in [0.25, 0.3) is 16.8 Å². The molecule has 0 bridgehead atoms. The van der Waals surface area contributed by atoms with Gasteiger partial charge in [0.1, 0.15) is 5.75 Å². The highest BCUT2D eigenvalue weighted by atomic mass is 32.2. The van der Waals surface area contributed by atoms with Crippen LogP contribution in [0.3, 0.4) is 0 Å². The van der Waals surface area contributed by atoms with Crippen LogP contribution in [-0.2, 0) is 0 Å². The molecule has 0 N–H and O–H groups in total. The zero-order valence-corrected chi connectivity index (χ0v) is 15.7. The van der Waals surface area contributed by atoms with Gasteiger partial charge in [0.15, 0.2) is 0 Å². The van der Waals surface area contributed by atoms with Crippen LogP contribution < -0.4 is 4.74 Å². The third kappa shape index (κ3) is 3.58. The minimum Gasteiger partial charge on any atom is -0.497 e. The number of ether oxygens (including phenoxy) is 1. The first-order chi connectivity index (χ1) is 12.3. The van der Waals surface area contributed by atoms with Crippen molar-refractivity contribution in [1.29, 1.82) is 0 Å². The van der Waals surface area contributed by atoms with Crippen molar-refractivity contribution in [3.8, 4) is 22.6 Å². The number of hydrogen-bond acceptors (Lipinski definition) is 4. The van der Waals surface area contributed by atoms with E-state index in [2.05, 4.69) is 42.6 Å². The Balaban J connectivity index is 1.79. The van der Waals surface area contributed by atoms with Crippen molar-refractivity contribution < 1.29 is 4.74 Å². The Morgan fingerprint density at radius 1 is 1.04 bits per heavy atom. The molecule has 25 heavy (non-hydrogen) atoms. The van der Waals surface area contributed by atoms with E-state index in [0.717, 1.165) is 11.4 Å². The molecule has 1 aliphatic rings.